The minimum Gasteiger partial charge on any atom is -0.496 e. The number of hydrogen-bond acceptors (Lipinski definition) is 7. The Hall–Kier alpha value is -4.04. The molecule has 5 aromatic rings. The molecule has 6 rings (SSSR count). The van der Waals surface area contributed by atoms with Crippen LogP contribution in [-0.2, 0) is 11.3 Å². The number of nitrogens with one attached hydrogen (secondary N) is 1. The zero-order valence-electron chi connectivity index (χ0n) is 21.5. The van der Waals surface area contributed by atoms with E-state index in [1.165, 1.54) is 0 Å². The molecule has 7 nitrogen and oxygen atoms in total. The molecule has 0 atom stereocenters. The van der Waals surface area contributed by atoms with Gasteiger partial charge in [-0.1, -0.05) is 48.5 Å². The molecular formula is C30H29N5O2S. The van der Waals surface area contributed by atoms with Gasteiger partial charge in [0.2, 0.25) is 5.91 Å². The molecule has 2 aromatic carbocycles. The predicted molar refractivity (Wildman–Crippen MR) is 153 cm³/mol. The molecule has 1 N–H and O–H groups in total. The van der Waals surface area contributed by atoms with E-state index in [0.29, 0.717) is 6.54 Å². The van der Waals surface area contributed by atoms with Crippen LogP contribution in [0.4, 0.5) is 5.82 Å². The number of aromatic nitrogens is 3. The van der Waals surface area contributed by atoms with Gasteiger partial charge in [0.1, 0.15) is 22.7 Å². The number of carbonyl (C=O) groups is 1. The number of hydrogen-bond donors (Lipinski definition) is 1. The summed E-state index contributed by atoms with van der Waals surface area (Å²) in [5, 5.41) is 4.18. The second kappa shape index (κ2) is 10.4. The highest BCUT2D eigenvalue weighted by Gasteiger charge is 2.28. The summed E-state index contributed by atoms with van der Waals surface area (Å²) in [6.07, 6.45) is 3.21. The smallest absolute Gasteiger partial charge is 0.223 e. The van der Waals surface area contributed by atoms with Gasteiger partial charge in [0.05, 0.1) is 17.3 Å². The van der Waals surface area contributed by atoms with Crippen LogP contribution in [0.3, 0.4) is 0 Å². The first-order chi connectivity index (χ1) is 18.6. The third-order valence-corrected chi connectivity index (χ3v) is 8.30. The van der Waals surface area contributed by atoms with Gasteiger partial charge < -0.3 is 15.0 Å². The van der Waals surface area contributed by atoms with E-state index in [1.54, 1.807) is 24.8 Å². The molecule has 1 saturated heterocycles. The van der Waals surface area contributed by atoms with Crippen molar-refractivity contribution in [2.75, 3.05) is 25.1 Å². The molecule has 0 radical (unpaired) electrons. The molecule has 1 fully saturated rings. The molecule has 8 heteroatoms. The van der Waals surface area contributed by atoms with Gasteiger partial charge in [0.15, 0.2) is 0 Å². The van der Waals surface area contributed by atoms with Crippen molar-refractivity contribution in [3.63, 3.8) is 0 Å². The van der Waals surface area contributed by atoms with Gasteiger partial charge in [0.25, 0.3) is 0 Å². The van der Waals surface area contributed by atoms with Crippen molar-refractivity contribution in [2.24, 2.45) is 5.92 Å². The largest absolute Gasteiger partial charge is 0.496 e. The van der Waals surface area contributed by atoms with E-state index in [1.807, 2.05) is 37.3 Å². The van der Waals surface area contributed by atoms with Crippen molar-refractivity contribution in [1.82, 2.24) is 20.3 Å². The molecule has 3 aromatic heterocycles. The fourth-order valence-corrected chi connectivity index (χ4v) is 6.50. The van der Waals surface area contributed by atoms with Crippen molar-refractivity contribution >= 4 is 43.5 Å². The highest BCUT2D eigenvalue weighted by Crippen LogP contribution is 2.42. The topological polar surface area (TPSA) is 80.2 Å². The van der Waals surface area contributed by atoms with Gasteiger partial charge in [-0.25, -0.2) is 15.0 Å². The van der Waals surface area contributed by atoms with Crippen LogP contribution < -0.4 is 15.0 Å². The van der Waals surface area contributed by atoms with Gasteiger partial charge >= 0.3 is 0 Å². The fourth-order valence-electron chi connectivity index (χ4n) is 5.28. The lowest BCUT2D eigenvalue weighted by Crippen LogP contribution is -2.40. The number of thiophene rings is 1. The number of pyridine rings is 1. The molecule has 38 heavy (non-hydrogen) atoms. The molecule has 0 spiro atoms. The maximum absolute atomic E-state index is 12.9. The Morgan fingerprint density at radius 2 is 1.84 bits per heavy atom. The number of ether oxygens (including phenoxy) is 1. The summed E-state index contributed by atoms with van der Waals surface area (Å²) in [6.45, 7) is 4.04. The number of benzene rings is 2. The molecule has 0 saturated carbocycles. The summed E-state index contributed by atoms with van der Waals surface area (Å²) in [5.74, 6) is 1.80. The van der Waals surface area contributed by atoms with Crippen molar-refractivity contribution in [1.29, 1.82) is 0 Å². The SMILES string of the molecule is COc1ccccc1CNC(=O)C1CCN(c2ncnc3c2sc2nc(C)cc(-c4ccccc4)c23)CC1. The van der Waals surface area contributed by atoms with Crippen LogP contribution in [0.25, 0.3) is 31.6 Å². The molecule has 0 unspecified atom stereocenters. The van der Waals surface area contributed by atoms with E-state index in [2.05, 4.69) is 40.5 Å². The zero-order chi connectivity index (χ0) is 26.1. The van der Waals surface area contributed by atoms with E-state index in [4.69, 9.17) is 19.7 Å². The molecule has 1 amide bonds. The molecule has 192 valence electrons. The Labute approximate surface area is 225 Å². The Bertz CT molecular complexity index is 1610. The van der Waals surface area contributed by atoms with E-state index in [9.17, 15) is 4.79 Å². The standard InChI is InChI=1S/C30H29N5O2S/c1-19-16-23(20-8-4-3-5-9-20)25-26-27(38-30(25)34-19)28(33-18-32-26)35-14-12-21(13-15-35)29(36)31-17-22-10-6-7-11-24(22)37-2/h3-11,16,18,21H,12-15,17H2,1-2H3,(H,31,36). The van der Waals surface area contributed by atoms with Crippen molar-refractivity contribution in [3.05, 3.63) is 78.2 Å². The molecular weight excluding hydrogens is 494 g/mol. The van der Waals surface area contributed by atoms with Crippen LogP contribution in [0.1, 0.15) is 24.1 Å². The van der Waals surface area contributed by atoms with Crippen molar-refractivity contribution < 1.29 is 9.53 Å². The van der Waals surface area contributed by atoms with Crippen molar-refractivity contribution in [3.8, 4) is 16.9 Å². The lowest BCUT2D eigenvalue weighted by Gasteiger charge is -2.32. The van der Waals surface area contributed by atoms with Crippen LogP contribution in [0, 0.1) is 12.8 Å². The van der Waals surface area contributed by atoms with E-state index in [0.717, 1.165) is 80.3 Å². The lowest BCUT2D eigenvalue weighted by molar-refractivity contribution is -0.125. The summed E-state index contributed by atoms with van der Waals surface area (Å²) in [4.78, 5) is 30.5. The number of carbonyl (C=O) groups excluding carboxylic acids is 1. The minimum absolute atomic E-state index is 0.0188. The second-order valence-electron chi connectivity index (χ2n) is 9.63. The molecule has 1 aliphatic rings. The van der Waals surface area contributed by atoms with Crippen LogP contribution in [-0.4, -0.2) is 41.1 Å². The normalized spacial score (nSPS) is 14.2. The lowest BCUT2D eigenvalue weighted by atomic mass is 9.95. The minimum atomic E-state index is -0.0188. The number of piperidine rings is 1. The van der Waals surface area contributed by atoms with Gasteiger partial charge in [-0.2, -0.15) is 0 Å². The van der Waals surface area contributed by atoms with E-state index in [-0.39, 0.29) is 11.8 Å². The Balaban J connectivity index is 1.22. The summed E-state index contributed by atoms with van der Waals surface area (Å²) in [7, 11) is 1.65. The number of rotatable bonds is 6. The van der Waals surface area contributed by atoms with Crippen molar-refractivity contribution in [2.45, 2.75) is 26.3 Å². The van der Waals surface area contributed by atoms with Crippen LogP contribution in [0.2, 0.25) is 0 Å². The quantitative estimate of drug-likeness (QED) is 0.305. The number of aryl methyl sites for hydroxylation is 1. The summed E-state index contributed by atoms with van der Waals surface area (Å²) < 4.78 is 6.46. The van der Waals surface area contributed by atoms with Gasteiger partial charge in [-0.05, 0) is 43.0 Å². The number of amides is 1. The average molecular weight is 524 g/mol. The molecule has 0 aliphatic carbocycles. The number of fused-ring (bicyclic) bond motifs is 3. The number of anilines is 1. The summed E-state index contributed by atoms with van der Waals surface area (Å²) in [6, 6.07) is 20.3. The predicted octanol–water partition coefficient (Wildman–Crippen LogP) is 5.76. The molecule has 0 bridgehead atoms. The number of nitrogens with zero attached hydrogens (tertiary/aromatic N) is 4. The van der Waals surface area contributed by atoms with Gasteiger partial charge in [-0.15, -0.1) is 11.3 Å². The second-order valence-corrected chi connectivity index (χ2v) is 10.6. The highest BCUT2D eigenvalue weighted by molar-refractivity contribution is 7.26. The number of methoxy groups -OCH3 is 1. The fraction of sp³-hybridized carbons (Fsp3) is 0.267. The van der Waals surface area contributed by atoms with E-state index < -0.39 is 0 Å². The molecule has 1 aliphatic heterocycles. The van der Waals surface area contributed by atoms with Crippen LogP contribution in [0.5, 0.6) is 5.75 Å². The summed E-state index contributed by atoms with van der Waals surface area (Å²) in [5.41, 5.74) is 5.21. The van der Waals surface area contributed by atoms with Crippen LogP contribution >= 0.6 is 11.3 Å². The Morgan fingerprint density at radius 1 is 1.08 bits per heavy atom. The maximum atomic E-state index is 12.9. The number of para-hydroxylation sites is 1. The third kappa shape index (κ3) is 4.56. The first-order valence-electron chi connectivity index (χ1n) is 12.9. The first-order valence-corrected chi connectivity index (χ1v) is 13.7. The highest BCUT2D eigenvalue weighted by atomic mass is 32.1. The van der Waals surface area contributed by atoms with Gasteiger partial charge in [0, 0.05) is 42.2 Å². The third-order valence-electron chi connectivity index (χ3n) is 7.23. The Kier molecular flexibility index (Phi) is 6.64. The molecule has 4 heterocycles. The Morgan fingerprint density at radius 3 is 2.63 bits per heavy atom. The van der Waals surface area contributed by atoms with Gasteiger partial charge in [-0.3, -0.25) is 4.79 Å². The average Bonchev–Trinajstić information content (AvgIpc) is 3.34. The zero-order valence-corrected chi connectivity index (χ0v) is 22.3. The van der Waals surface area contributed by atoms with E-state index >= 15 is 0 Å². The van der Waals surface area contributed by atoms with Crippen LogP contribution in [0.15, 0.2) is 67.0 Å². The summed E-state index contributed by atoms with van der Waals surface area (Å²) >= 11 is 1.65. The first kappa shape index (κ1) is 24.3. The maximum Gasteiger partial charge on any atom is 0.223 e. The monoisotopic (exact) mass is 523 g/mol.